The molecule has 0 spiro atoms. The second-order valence-electron chi connectivity index (χ2n) is 5.00. The summed E-state index contributed by atoms with van der Waals surface area (Å²) >= 11 is 0. The topological polar surface area (TPSA) is 75.0 Å². The fourth-order valence-corrected chi connectivity index (χ4v) is 2.42. The number of fused-ring (bicyclic) bond motifs is 1. The average Bonchev–Trinajstić information content (AvgIpc) is 3.04. The lowest BCUT2D eigenvalue weighted by molar-refractivity contribution is -0.145. The van der Waals surface area contributed by atoms with Crippen molar-refractivity contribution in [2.75, 3.05) is 13.2 Å². The first kappa shape index (κ1) is 14.4. The highest BCUT2D eigenvalue weighted by molar-refractivity contribution is 5.97. The van der Waals surface area contributed by atoms with Crippen LogP contribution in [0.3, 0.4) is 0 Å². The van der Waals surface area contributed by atoms with Gasteiger partial charge in [0.05, 0.1) is 13.2 Å². The second-order valence-corrected chi connectivity index (χ2v) is 5.00. The Morgan fingerprint density at radius 1 is 1.41 bits per heavy atom. The smallest absolute Gasteiger partial charge is 0.375 e. The van der Waals surface area contributed by atoms with Crippen molar-refractivity contribution in [3.05, 3.63) is 29.5 Å². The predicted octanol–water partition coefficient (Wildman–Crippen LogP) is 2.61. The third kappa shape index (κ3) is 2.52. The molecule has 116 valence electrons. The minimum atomic E-state index is -0.848. The molecule has 2 aromatic rings. The molecule has 1 saturated heterocycles. The molecule has 1 aromatic heterocycles. The van der Waals surface area contributed by atoms with E-state index in [4.69, 9.17) is 18.6 Å². The van der Waals surface area contributed by atoms with E-state index in [1.807, 2.05) is 13.0 Å². The Kier molecular flexibility index (Phi) is 3.75. The fourth-order valence-electron chi connectivity index (χ4n) is 2.42. The monoisotopic (exact) mass is 304 g/mol. The van der Waals surface area contributed by atoms with Crippen LogP contribution in [-0.4, -0.2) is 31.3 Å². The van der Waals surface area contributed by atoms with Gasteiger partial charge < -0.3 is 18.6 Å². The van der Waals surface area contributed by atoms with Crippen LogP contribution in [0.4, 0.5) is 0 Å². The summed E-state index contributed by atoms with van der Waals surface area (Å²) in [4.78, 5) is 23.6. The lowest BCUT2D eigenvalue weighted by Crippen LogP contribution is -2.22. The molecule has 0 N–H and O–H groups in total. The van der Waals surface area contributed by atoms with Gasteiger partial charge in [-0.25, -0.2) is 9.59 Å². The summed E-state index contributed by atoms with van der Waals surface area (Å²) in [6, 6.07) is 5.34. The van der Waals surface area contributed by atoms with E-state index in [1.54, 1.807) is 19.1 Å². The zero-order chi connectivity index (χ0) is 15.7. The van der Waals surface area contributed by atoms with Crippen LogP contribution in [0.15, 0.2) is 22.6 Å². The van der Waals surface area contributed by atoms with Crippen molar-refractivity contribution in [2.45, 2.75) is 26.4 Å². The molecule has 22 heavy (non-hydrogen) atoms. The van der Waals surface area contributed by atoms with Gasteiger partial charge in [0.25, 0.3) is 0 Å². The molecule has 1 aliphatic heterocycles. The molecule has 2 heterocycles. The van der Waals surface area contributed by atoms with Crippen molar-refractivity contribution < 1.29 is 28.2 Å². The molecule has 1 aromatic carbocycles. The predicted molar refractivity (Wildman–Crippen MR) is 76.9 cm³/mol. The Bertz CT molecular complexity index is 730. The summed E-state index contributed by atoms with van der Waals surface area (Å²) in [6.45, 7) is 4.50. The SMILES string of the molecule is CCOc1ccc2oc(C(=O)O[C@H]3CCOC3=O)c(C)c2c1. The van der Waals surface area contributed by atoms with E-state index in [-0.39, 0.29) is 12.4 Å². The van der Waals surface area contributed by atoms with Crippen LogP contribution in [0.5, 0.6) is 5.75 Å². The highest BCUT2D eigenvalue weighted by Gasteiger charge is 2.32. The highest BCUT2D eigenvalue weighted by atomic mass is 16.6. The lowest BCUT2D eigenvalue weighted by Gasteiger charge is -2.06. The molecule has 0 aliphatic carbocycles. The third-order valence-electron chi connectivity index (χ3n) is 3.54. The number of hydrogen-bond donors (Lipinski definition) is 0. The quantitative estimate of drug-likeness (QED) is 0.808. The van der Waals surface area contributed by atoms with E-state index in [2.05, 4.69) is 0 Å². The van der Waals surface area contributed by atoms with E-state index >= 15 is 0 Å². The zero-order valence-corrected chi connectivity index (χ0v) is 12.4. The number of cyclic esters (lactones) is 1. The largest absolute Gasteiger partial charge is 0.494 e. The van der Waals surface area contributed by atoms with Gasteiger partial charge >= 0.3 is 11.9 Å². The summed E-state index contributed by atoms with van der Waals surface area (Å²) in [5, 5.41) is 0.784. The summed E-state index contributed by atoms with van der Waals surface area (Å²) < 4.78 is 20.9. The van der Waals surface area contributed by atoms with Crippen LogP contribution in [-0.2, 0) is 14.3 Å². The Labute approximate surface area is 126 Å². The molecule has 3 rings (SSSR count). The molecule has 6 heteroatoms. The van der Waals surface area contributed by atoms with Gasteiger partial charge in [-0.2, -0.15) is 0 Å². The minimum Gasteiger partial charge on any atom is -0.494 e. The fraction of sp³-hybridized carbons (Fsp3) is 0.375. The zero-order valence-electron chi connectivity index (χ0n) is 12.4. The standard InChI is InChI=1S/C16H16O6/c1-3-19-10-4-5-12-11(8-10)9(2)14(21-12)16(18)22-13-6-7-20-15(13)17/h4-5,8,13H,3,6-7H2,1-2H3/t13-/m0/s1. The summed E-state index contributed by atoms with van der Waals surface area (Å²) in [7, 11) is 0. The van der Waals surface area contributed by atoms with Gasteiger partial charge in [-0.1, -0.05) is 0 Å². The number of ether oxygens (including phenoxy) is 3. The van der Waals surface area contributed by atoms with E-state index in [9.17, 15) is 9.59 Å². The van der Waals surface area contributed by atoms with Gasteiger partial charge in [-0.3, -0.25) is 0 Å². The minimum absolute atomic E-state index is 0.100. The Morgan fingerprint density at radius 3 is 2.91 bits per heavy atom. The summed E-state index contributed by atoms with van der Waals surface area (Å²) in [5.74, 6) is -0.363. The van der Waals surface area contributed by atoms with Crippen molar-refractivity contribution in [2.24, 2.45) is 0 Å². The first-order valence-corrected chi connectivity index (χ1v) is 7.13. The molecule has 0 amide bonds. The molecule has 6 nitrogen and oxygen atoms in total. The number of rotatable bonds is 4. The van der Waals surface area contributed by atoms with E-state index < -0.39 is 18.0 Å². The molecule has 0 bridgehead atoms. The lowest BCUT2D eigenvalue weighted by atomic mass is 10.1. The molecular weight excluding hydrogens is 288 g/mol. The molecule has 1 fully saturated rings. The van der Waals surface area contributed by atoms with E-state index in [1.165, 1.54) is 0 Å². The number of benzene rings is 1. The maximum Gasteiger partial charge on any atom is 0.375 e. The number of aryl methyl sites for hydroxylation is 1. The molecule has 0 saturated carbocycles. The Morgan fingerprint density at radius 2 is 2.23 bits per heavy atom. The number of furan rings is 1. The molecule has 0 radical (unpaired) electrons. The second kappa shape index (κ2) is 5.71. The molecule has 0 unspecified atom stereocenters. The van der Waals surface area contributed by atoms with Crippen molar-refractivity contribution in [3.63, 3.8) is 0 Å². The third-order valence-corrected chi connectivity index (χ3v) is 3.54. The van der Waals surface area contributed by atoms with Gasteiger partial charge in [0, 0.05) is 17.4 Å². The van der Waals surface area contributed by atoms with Crippen LogP contribution in [0.2, 0.25) is 0 Å². The Balaban J connectivity index is 1.88. The Hall–Kier alpha value is -2.50. The van der Waals surface area contributed by atoms with E-state index in [0.717, 1.165) is 5.39 Å². The van der Waals surface area contributed by atoms with Crippen molar-refractivity contribution >= 4 is 22.9 Å². The number of hydrogen-bond acceptors (Lipinski definition) is 6. The van der Waals surface area contributed by atoms with Crippen LogP contribution >= 0.6 is 0 Å². The van der Waals surface area contributed by atoms with Crippen molar-refractivity contribution in [3.8, 4) is 5.75 Å². The number of esters is 2. The normalized spacial score (nSPS) is 17.5. The first-order valence-electron chi connectivity index (χ1n) is 7.13. The molecule has 1 aliphatic rings. The van der Waals surface area contributed by atoms with Crippen LogP contribution in [0.25, 0.3) is 11.0 Å². The summed E-state index contributed by atoms with van der Waals surface area (Å²) in [6.07, 6.45) is -0.475. The number of carbonyl (C=O) groups is 2. The molecule has 1 atom stereocenters. The van der Waals surface area contributed by atoms with Crippen molar-refractivity contribution in [1.82, 2.24) is 0 Å². The van der Waals surface area contributed by atoms with Gasteiger partial charge in [-0.15, -0.1) is 0 Å². The highest BCUT2D eigenvalue weighted by Crippen LogP contribution is 2.29. The maximum absolute atomic E-state index is 12.2. The molecular formula is C16H16O6. The van der Waals surface area contributed by atoms with Crippen LogP contribution < -0.4 is 4.74 Å². The van der Waals surface area contributed by atoms with Gasteiger partial charge in [-0.05, 0) is 32.0 Å². The van der Waals surface area contributed by atoms with Crippen molar-refractivity contribution in [1.29, 1.82) is 0 Å². The van der Waals surface area contributed by atoms with Crippen LogP contribution in [0.1, 0.15) is 29.5 Å². The first-order chi connectivity index (χ1) is 10.6. The average molecular weight is 304 g/mol. The van der Waals surface area contributed by atoms with Crippen LogP contribution in [0, 0.1) is 6.92 Å². The van der Waals surface area contributed by atoms with Gasteiger partial charge in [0.15, 0.2) is 0 Å². The van der Waals surface area contributed by atoms with Gasteiger partial charge in [0.2, 0.25) is 11.9 Å². The van der Waals surface area contributed by atoms with Gasteiger partial charge in [0.1, 0.15) is 11.3 Å². The number of carbonyl (C=O) groups excluding carboxylic acids is 2. The van der Waals surface area contributed by atoms with E-state index in [0.29, 0.717) is 29.9 Å². The summed E-state index contributed by atoms with van der Waals surface area (Å²) in [5.41, 5.74) is 1.23. The maximum atomic E-state index is 12.2.